The molecule has 0 bridgehead atoms. The van der Waals surface area contributed by atoms with Crippen molar-refractivity contribution < 1.29 is 19.1 Å². The predicted molar refractivity (Wildman–Crippen MR) is 90.9 cm³/mol. The van der Waals surface area contributed by atoms with Crippen molar-refractivity contribution in [2.45, 2.75) is 19.3 Å². The third kappa shape index (κ3) is 3.78. The maximum Gasteiger partial charge on any atom is 0.335 e. The minimum atomic E-state index is -1.05. The number of anilines is 1. The lowest BCUT2D eigenvalue weighted by Gasteiger charge is -2.04. The quantitative estimate of drug-likeness (QED) is 0.641. The van der Waals surface area contributed by atoms with Gasteiger partial charge in [0.25, 0.3) is 5.91 Å². The topological polar surface area (TPSA) is 103 Å². The maximum atomic E-state index is 12.2. The summed E-state index contributed by atoms with van der Waals surface area (Å²) in [5, 5.41) is 20.6. The summed E-state index contributed by atoms with van der Waals surface area (Å²) < 4.78 is 5.68. The molecule has 6 nitrogen and oxygen atoms in total. The molecule has 1 aliphatic rings. The largest absolute Gasteiger partial charge is 0.478 e. The molecule has 0 saturated heterocycles. The molecule has 1 aromatic carbocycles. The molecule has 1 saturated carbocycles. The summed E-state index contributed by atoms with van der Waals surface area (Å²) >= 11 is 0. The molecule has 2 N–H and O–H groups in total. The number of amides is 1. The molecule has 0 spiro atoms. The number of carbonyl (C=O) groups excluding carboxylic acids is 1. The second kappa shape index (κ2) is 6.65. The van der Waals surface area contributed by atoms with Crippen molar-refractivity contribution in [1.29, 1.82) is 5.26 Å². The highest BCUT2D eigenvalue weighted by Gasteiger charge is 2.36. The fourth-order valence-corrected chi connectivity index (χ4v) is 2.55. The van der Waals surface area contributed by atoms with Gasteiger partial charge in [0, 0.05) is 17.7 Å². The Balaban J connectivity index is 1.71. The Morgan fingerprint density at radius 1 is 1.28 bits per heavy atom. The SMILES string of the molecule is CC1CC1c1ccc(/C=C(/C#N)C(=O)Nc2ccc(C(=O)O)cc2)o1. The lowest BCUT2D eigenvalue weighted by Crippen LogP contribution is -2.13. The predicted octanol–water partition coefficient (Wildman–Crippen LogP) is 3.65. The van der Waals surface area contributed by atoms with Gasteiger partial charge in [0.1, 0.15) is 23.2 Å². The number of carboxylic acids is 1. The number of nitrogens with zero attached hydrogens (tertiary/aromatic N) is 1. The zero-order chi connectivity index (χ0) is 18.0. The lowest BCUT2D eigenvalue weighted by atomic mass is 10.2. The number of rotatable bonds is 5. The Kier molecular flexibility index (Phi) is 4.40. The van der Waals surface area contributed by atoms with E-state index in [0.29, 0.717) is 23.3 Å². The number of nitriles is 1. The van der Waals surface area contributed by atoms with Crippen molar-refractivity contribution in [3.05, 3.63) is 59.1 Å². The van der Waals surface area contributed by atoms with Gasteiger partial charge in [-0.1, -0.05) is 6.92 Å². The standard InChI is InChI=1S/C19H16N2O4/c1-11-8-16(11)17-7-6-15(25-17)9-13(10-20)18(22)21-14-4-2-12(3-5-14)19(23)24/h2-7,9,11,16H,8H2,1H3,(H,21,22)(H,23,24)/b13-9-. The number of furan rings is 1. The van der Waals surface area contributed by atoms with Crippen LogP contribution in [-0.2, 0) is 4.79 Å². The molecule has 126 valence electrons. The van der Waals surface area contributed by atoms with Gasteiger partial charge in [-0.25, -0.2) is 4.79 Å². The smallest absolute Gasteiger partial charge is 0.335 e. The van der Waals surface area contributed by atoms with E-state index < -0.39 is 11.9 Å². The summed E-state index contributed by atoms with van der Waals surface area (Å²) in [4.78, 5) is 23.0. The van der Waals surface area contributed by atoms with E-state index >= 15 is 0 Å². The first-order chi connectivity index (χ1) is 12.0. The first-order valence-corrected chi connectivity index (χ1v) is 7.84. The van der Waals surface area contributed by atoms with Crippen LogP contribution in [0.4, 0.5) is 5.69 Å². The molecule has 0 radical (unpaired) electrons. The number of carboxylic acid groups (broad SMARTS) is 1. The number of hydrogen-bond donors (Lipinski definition) is 2. The highest BCUT2D eigenvalue weighted by Crippen LogP contribution is 2.47. The molecule has 2 aromatic rings. The van der Waals surface area contributed by atoms with E-state index in [4.69, 9.17) is 9.52 Å². The molecule has 2 unspecified atom stereocenters. The highest BCUT2D eigenvalue weighted by molar-refractivity contribution is 6.09. The minimum Gasteiger partial charge on any atom is -0.478 e. The van der Waals surface area contributed by atoms with Crippen molar-refractivity contribution in [2.75, 3.05) is 5.32 Å². The third-order valence-electron chi connectivity index (χ3n) is 4.16. The molecular weight excluding hydrogens is 320 g/mol. The Labute approximate surface area is 144 Å². The molecule has 1 fully saturated rings. The van der Waals surface area contributed by atoms with Crippen LogP contribution in [0.25, 0.3) is 6.08 Å². The summed E-state index contributed by atoms with van der Waals surface area (Å²) in [5.74, 6) is 0.741. The van der Waals surface area contributed by atoms with Crippen molar-refractivity contribution in [3.63, 3.8) is 0 Å². The van der Waals surface area contributed by atoms with E-state index in [1.807, 2.05) is 12.1 Å². The van der Waals surface area contributed by atoms with E-state index in [2.05, 4.69) is 12.2 Å². The van der Waals surface area contributed by atoms with Gasteiger partial charge in [-0.15, -0.1) is 0 Å². The molecule has 6 heteroatoms. The van der Waals surface area contributed by atoms with Crippen molar-refractivity contribution in [2.24, 2.45) is 5.92 Å². The Bertz CT molecular complexity index is 887. The molecule has 2 atom stereocenters. The van der Waals surface area contributed by atoms with Crippen LogP contribution >= 0.6 is 0 Å². The van der Waals surface area contributed by atoms with Gasteiger partial charge in [-0.2, -0.15) is 5.26 Å². The van der Waals surface area contributed by atoms with E-state index in [1.54, 1.807) is 6.07 Å². The summed E-state index contributed by atoms with van der Waals surface area (Å²) in [6.45, 7) is 2.15. The van der Waals surface area contributed by atoms with Gasteiger partial charge in [-0.05, 0) is 48.7 Å². The number of aromatic carboxylic acids is 1. The second-order valence-corrected chi connectivity index (χ2v) is 6.07. The van der Waals surface area contributed by atoms with Crippen LogP contribution in [0.15, 0.2) is 46.4 Å². The molecule has 1 aliphatic carbocycles. The third-order valence-corrected chi connectivity index (χ3v) is 4.16. The summed E-state index contributed by atoms with van der Waals surface area (Å²) in [5.41, 5.74) is 0.432. The maximum absolute atomic E-state index is 12.2. The average molecular weight is 336 g/mol. The Morgan fingerprint density at radius 3 is 2.52 bits per heavy atom. The molecule has 3 rings (SSSR count). The molecule has 1 amide bonds. The Morgan fingerprint density at radius 2 is 1.96 bits per heavy atom. The number of hydrogen-bond acceptors (Lipinski definition) is 4. The highest BCUT2D eigenvalue weighted by atomic mass is 16.4. The second-order valence-electron chi connectivity index (χ2n) is 6.07. The Hall–Kier alpha value is -3.33. The normalized spacial score (nSPS) is 19.1. The van der Waals surface area contributed by atoms with Gasteiger partial charge in [0.05, 0.1) is 5.56 Å². The lowest BCUT2D eigenvalue weighted by molar-refractivity contribution is -0.112. The van der Waals surface area contributed by atoms with Crippen LogP contribution in [0.2, 0.25) is 0 Å². The van der Waals surface area contributed by atoms with Gasteiger partial charge in [0.15, 0.2) is 0 Å². The first kappa shape index (κ1) is 16.5. The van der Waals surface area contributed by atoms with Gasteiger partial charge in [-0.3, -0.25) is 4.79 Å². The fourth-order valence-electron chi connectivity index (χ4n) is 2.55. The molecule has 1 heterocycles. The van der Waals surface area contributed by atoms with Crippen LogP contribution < -0.4 is 5.32 Å². The average Bonchev–Trinajstić information content (AvgIpc) is 3.14. The van der Waals surface area contributed by atoms with E-state index in [0.717, 1.165) is 12.2 Å². The molecule has 0 aliphatic heterocycles. The van der Waals surface area contributed by atoms with E-state index in [1.165, 1.54) is 30.3 Å². The van der Waals surface area contributed by atoms with E-state index in [9.17, 15) is 14.9 Å². The van der Waals surface area contributed by atoms with Crippen LogP contribution in [0, 0.1) is 17.2 Å². The van der Waals surface area contributed by atoms with Crippen molar-refractivity contribution in [1.82, 2.24) is 0 Å². The first-order valence-electron chi connectivity index (χ1n) is 7.84. The van der Waals surface area contributed by atoms with E-state index in [-0.39, 0.29) is 11.1 Å². The van der Waals surface area contributed by atoms with Crippen molar-refractivity contribution in [3.8, 4) is 6.07 Å². The molecule has 25 heavy (non-hydrogen) atoms. The summed E-state index contributed by atoms with van der Waals surface area (Å²) in [6, 6.07) is 11.2. The summed E-state index contributed by atoms with van der Waals surface area (Å²) in [6.07, 6.45) is 2.49. The van der Waals surface area contributed by atoms with Gasteiger partial charge >= 0.3 is 5.97 Å². The fraction of sp³-hybridized carbons (Fsp3) is 0.211. The van der Waals surface area contributed by atoms with Crippen LogP contribution in [0.5, 0.6) is 0 Å². The summed E-state index contributed by atoms with van der Waals surface area (Å²) in [7, 11) is 0. The number of nitrogens with one attached hydrogen (secondary N) is 1. The van der Waals surface area contributed by atoms with Gasteiger partial charge in [0.2, 0.25) is 0 Å². The monoisotopic (exact) mass is 336 g/mol. The van der Waals surface area contributed by atoms with Gasteiger partial charge < -0.3 is 14.8 Å². The molecule has 1 aromatic heterocycles. The molecular formula is C19H16N2O4. The van der Waals surface area contributed by atoms with Crippen LogP contribution in [0.1, 0.15) is 41.1 Å². The zero-order valence-corrected chi connectivity index (χ0v) is 13.5. The number of carbonyl (C=O) groups is 2. The number of benzene rings is 1. The van der Waals surface area contributed by atoms with Crippen LogP contribution in [0.3, 0.4) is 0 Å². The zero-order valence-electron chi connectivity index (χ0n) is 13.5. The van der Waals surface area contributed by atoms with Crippen LogP contribution in [-0.4, -0.2) is 17.0 Å². The minimum absolute atomic E-state index is 0.0907. The van der Waals surface area contributed by atoms with Crippen molar-refractivity contribution >= 4 is 23.6 Å².